The summed E-state index contributed by atoms with van der Waals surface area (Å²) in [7, 11) is 0. The number of anilines is 1. The smallest absolute Gasteiger partial charge is 0.150 e. The summed E-state index contributed by atoms with van der Waals surface area (Å²) >= 11 is 8.22. The van der Waals surface area contributed by atoms with Crippen LogP contribution in [-0.4, -0.2) is 29.9 Å². The molecule has 1 heterocycles. The highest BCUT2D eigenvalue weighted by Gasteiger charge is 2.27. The van der Waals surface area contributed by atoms with Gasteiger partial charge in [0.15, 0.2) is 0 Å². The van der Waals surface area contributed by atoms with Gasteiger partial charge in [-0.2, -0.15) is 11.8 Å². The van der Waals surface area contributed by atoms with Gasteiger partial charge in [0, 0.05) is 29.2 Å². The standard InChI is InChI=1S/C13H16ClNOS/c1-13(2)9-15(5-6-17-13)12-4-3-10(8-16)7-11(12)14/h3-4,7-8H,5-6,9H2,1-2H3. The molecule has 1 fully saturated rings. The first-order valence-electron chi connectivity index (χ1n) is 5.65. The van der Waals surface area contributed by atoms with Gasteiger partial charge in [-0.05, 0) is 32.0 Å². The summed E-state index contributed by atoms with van der Waals surface area (Å²) in [4.78, 5) is 13.0. The quantitative estimate of drug-likeness (QED) is 0.767. The number of nitrogens with zero attached hydrogens (tertiary/aromatic N) is 1. The average Bonchev–Trinajstić information content (AvgIpc) is 2.27. The van der Waals surface area contributed by atoms with Crippen molar-refractivity contribution in [3.8, 4) is 0 Å². The number of hydrogen-bond donors (Lipinski definition) is 0. The summed E-state index contributed by atoms with van der Waals surface area (Å²) in [5.74, 6) is 1.11. The molecule has 0 atom stereocenters. The Hall–Kier alpha value is -0.670. The van der Waals surface area contributed by atoms with Gasteiger partial charge < -0.3 is 4.90 Å². The van der Waals surface area contributed by atoms with Gasteiger partial charge in [0.1, 0.15) is 6.29 Å². The molecule has 17 heavy (non-hydrogen) atoms. The van der Waals surface area contributed by atoms with E-state index in [9.17, 15) is 4.79 Å². The van der Waals surface area contributed by atoms with Gasteiger partial charge in [-0.1, -0.05) is 11.6 Å². The molecule has 0 unspecified atom stereocenters. The molecule has 1 aromatic carbocycles. The summed E-state index contributed by atoms with van der Waals surface area (Å²) < 4.78 is 0.255. The lowest BCUT2D eigenvalue weighted by Gasteiger charge is -2.39. The maximum absolute atomic E-state index is 10.7. The first-order valence-corrected chi connectivity index (χ1v) is 7.02. The molecule has 0 saturated carbocycles. The first kappa shape index (κ1) is 12.8. The number of halogens is 1. The van der Waals surface area contributed by atoms with Gasteiger partial charge in [0.25, 0.3) is 0 Å². The van der Waals surface area contributed by atoms with Gasteiger partial charge in [0.2, 0.25) is 0 Å². The fourth-order valence-corrected chi connectivity index (χ4v) is 3.49. The van der Waals surface area contributed by atoms with E-state index in [4.69, 9.17) is 11.6 Å². The molecule has 4 heteroatoms. The number of carbonyl (C=O) groups is 1. The SMILES string of the molecule is CC1(C)CN(c2ccc(C=O)cc2Cl)CCS1. The van der Waals surface area contributed by atoms with Crippen molar-refractivity contribution in [1.29, 1.82) is 0 Å². The second-order valence-corrected chi connectivity index (χ2v) is 7.07. The van der Waals surface area contributed by atoms with E-state index >= 15 is 0 Å². The molecule has 1 aliphatic rings. The van der Waals surface area contributed by atoms with Gasteiger partial charge >= 0.3 is 0 Å². The van der Waals surface area contributed by atoms with Crippen molar-refractivity contribution in [1.82, 2.24) is 0 Å². The van der Waals surface area contributed by atoms with E-state index in [1.807, 2.05) is 23.9 Å². The van der Waals surface area contributed by atoms with Crippen molar-refractivity contribution < 1.29 is 4.79 Å². The lowest BCUT2D eigenvalue weighted by Crippen LogP contribution is -2.43. The summed E-state index contributed by atoms with van der Waals surface area (Å²) in [5.41, 5.74) is 1.66. The average molecular weight is 270 g/mol. The highest BCUT2D eigenvalue weighted by atomic mass is 35.5. The van der Waals surface area contributed by atoms with Crippen molar-refractivity contribution in [2.45, 2.75) is 18.6 Å². The second kappa shape index (κ2) is 4.91. The van der Waals surface area contributed by atoms with Crippen LogP contribution in [0.4, 0.5) is 5.69 Å². The molecule has 0 spiro atoms. The maximum atomic E-state index is 10.7. The van der Waals surface area contributed by atoms with E-state index in [2.05, 4.69) is 18.7 Å². The van der Waals surface area contributed by atoms with E-state index in [1.165, 1.54) is 0 Å². The summed E-state index contributed by atoms with van der Waals surface area (Å²) in [6.45, 7) is 6.49. The Balaban J connectivity index is 2.25. The number of thioether (sulfide) groups is 1. The largest absolute Gasteiger partial charge is 0.368 e. The number of rotatable bonds is 2. The molecular formula is C13H16ClNOS. The predicted molar refractivity (Wildman–Crippen MR) is 75.6 cm³/mol. The number of aldehydes is 1. The van der Waals surface area contributed by atoms with Crippen LogP contribution in [0.2, 0.25) is 5.02 Å². The zero-order valence-corrected chi connectivity index (χ0v) is 11.6. The van der Waals surface area contributed by atoms with E-state index in [0.717, 1.165) is 30.8 Å². The first-order chi connectivity index (χ1) is 8.02. The van der Waals surface area contributed by atoms with Crippen LogP contribution in [0.5, 0.6) is 0 Å². The van der Waals surface area contributed by atoms with E-state index in [-0.39, 0.29) is 4.75 Å². The van der Waals surface area contributed by atoms with Gasteiger partial charge in [0.05, 0.1) is 10.7 Å². The summed E-state index contributed by atoms with van der Waals surface area (Å²) in [6, 6.07) is 5.50. The molecular weight excluding hydrogens is 254 g/mol. The Labute approximate surface area is 111 Å². The number of benzene rings is 1. The molecule has 0 radical (unpaired) electrons. The third kappa shape index (κ3) is 2.96. The zero-order chi connectivity index (χ0) is 12.5. The van der Waals surface area contributed by atoms with Gasteiger partial charge in [-0.3, -0.25) is 4.79 Å². The highest BCUT2D eigenvalue weighted by molar-refractivity contribution is 8.00. The van der Waals surface area contributed by atoms with E-state index in [1.54, 1.807) is 6.07 Å². The topological polar surface area (TPSA) is 20.3 Å². The molecule has 0 aromatic heterocycles. The van der Waals surface area contributed by atoms with Crippen LogP contribution in [0.1, 0.15) is 24.2 Å². The van der Waals surface area contributed by atoms with Gasteiger partial charge in [-0.25, -0.2) is 0 Å². The Morgan fingerprint density at radius 2 is 2.24 bits per heavy atom. The fourth-order valence-electron chi connectivity index (χ4n) is 2.08. The van der Waals surface area contributed by atoms with Gasteiger partial charge in [-0.15, -0.1) is 0 Å². The van der Waals surface area contributed by atoms with Crippen molar-refractivity contribution >= 4 is 35.3 Å². The Morgan fingerprint density at radius 3 is 2.82 bits per heavy atom. The van der Waals surface area contributed by atoms with Crippen LogP contribution >= 0.6 is 23.4 Å². The lowest BCUT2D eigenvalue weighted by molar-refractivity contribution is 0.112. The minimum absolute atomic E-state index is 0.255. The summed E-state index contributed by atoms with van der Waals surface area (Å²) in [5, 5.41) is 0.664. The zero-order valence-electron chi connectivity index (χ0n) is 10.1. The molecule has 0 amide bonds. The Kier molecular flexibility index (Phi) is 3.69. The maximum Gasteiger partial charge on any atom is 0.150 e. The van der Waals surface area contributed by atoms with Crippen LogP contribution in [0.3, 0.4) is 0 Å². The number of carbonyl (C=O) groups excluding carboxylic acids is 1. The van der Waals surface area contributed by atoms with Crippen LogP contribution in [0, 0.1) is 0 Å². The van der Waals surface area contributed by atoms with Crippen LogP contribution < -0.4 is 4.90 Å². The Morgan fingerprint density at radius 1 is 1.47 bits per heavy atom. The minimum atomic E-state index is 0.255. The Bertz CT molecular complexity index is 433. The number of hydrogen-bond acceptors (Lipinski definition) is 3. The van der Waals surface area contributed by atoms with Crippen molar-refractivity contribution in [2.24, 2.45) is 0 Å². The van der Waals surface area contributed by atoms with E-state index < -0.39 is 0 Å². The third-order valence-electron chi connectivity index (χ3n) is 2.87. The minimum Gasteiger partial charge on any atom is -0.368 e. The molecule has 92 valence electrons. The summed E-state index contributed by atoms with van der Waals surface area (Å²) in [6.07, 6.45) is 0.825. The molecule has 2 nitrogen and oxygen atoms in total. The fraction of sp³-hybridized carbons (Fsp3) is 0.462. The molecule has 0 aliphatic carbocycles. The molecule has 2 rings (SSSR count). The molecule has 0 bridgehead atoms. The van der Waals surface area contributed by atoms with E-state index in [0.29, 0.717) is 10.6 Å². The molecule has 1 aliphatic heterocycles. The van der Waals surface area contributed by atoms with Crippen molar-refractivity contribution in [2.75, 3.05) is 23.7 Å². The van der Waals surface area contributed by atoms with Crippen molar-refractivity contribution in [3.05, 3.63) is 28.8 Å². The normalized spacial score (nSPS) is 19.1. The molecule has 0 N–H and O–H groups in total. The third-order valence-corrected chi connectivity index (χ3v) is 4.47. The monoisotopic (exact) mass is 269 g/mol. The van der Waals surface area contributed by atoms with Crippen molar-refractivity contribution in [3.63, 3.8) is 0 Å². The highest BCUT2D eigenvalue weighted by Crippen LogP contribution is 2.35. The molecule has 1 aromatic rings. The van der Waals surface area contributed by atoms with Crippen LogP contribution in [0.15, 0.2) is 18.2 Å². The van der Waals surface area contributed by atoms with Crippen LogP contribution in [0.25, 0.3) is 0 Å². The van der Waals surface area contributed by atoms with Crippen LogP contribution in [-0.2, 0) is 0 Å². The second-order valence-electron chi connectivity index (χ2n) is 4.86. The predicted octanol–water partition coefficient (Wildman–Crippen LogP) is 3.48. The molecule has 1 saturated heterocycles. The lowest BCUT2D eigenvalue weighted by atomic mass is 10.1.